The van der Waals surface area contributed by atoms with E-state index in [2.05, 4.69) is 42.5 Å². The lowest BCUT2D eigenvalue weighted by atomic mass is 9.63. The van der Waals surface area contributed by atoms with Gasteiger partial charge in [-0.3, -0.25) is 0 Å². The Labute approximate surface area is 189 Å². The quantitative estimate of drug-likeness (QED) is 0.369. The van der Waals surface area contributed by atoms with Gasteiger partial charge in [-0.05, 0) is 27.8 Å². The van der Waals surface area contributed by atoms with Gasteiger partial charge in [0, 0.05) is 6.42 Å². The highest BCUT2D eigenvalue weighted by molar-refractivity contribution is 5.61. The number of hydrogen-bond donors (Lipinski definition) is 3. The van der Waals surface area contributed by atoms with Gasteiger partial charge in [-0.1, -0.05) is 115 Å². The SMILES string of the molecule is OCC(O)C(O)Cc1ccccc1C(c1ccccc1)(c1ccccc1)c1ccccc1. The van der Waals surface area contributed by atoms with Crippen molar-refractivity contribution in [2.24, 2.45) is 0 Å². The van der Waals surface area contributed by atoms with E-state index in [-0.39, 0.29) is 6.42 Å². The molecule has 0 saturated carbocycles. The Bertz CT molecular complexity index is 1010. The minimum atomic E-state index is -1.19. The molecule has 0 saturated heterocycles. The standard InChI is InChI=1S/C29H28O3/c30-21-28(32)27(31)20-22-12-10-11-19-26(22)29(23-13-4-1-5-14-23,24-15-6-2-7-16-24)25-17-8-3-9-18-25/h1-19,27-28,30-32H,20-21H2. The third kappa shape index (κ3) is 4.11. The summed E-state index contributed by atoms with van der Waals surface area (Å²) in [5.41, 5.74) is 4.67. The first-order valence-electron chi connectivity index (χ1n) is 10.9. The van der Waals surface area contributed by atoms with Gasteiger partial charge in [0.1, 0.15) is 6.10 Å². The van der Waals surface area contributed by atoms with Gasteiger partial charge in [0.2, 0.25) is 0 Å². The first kappa shape index (κ1) is 22.0. The van der Waals surface area contributed by atoms with E-state index in [1.165, 1.54) is 0 Å². The molecule has 0 bridgehead atoms. The van der Waals surface area contributed by atoms with Gasteiger partial charge < -0.3 is 15.3 Å². The highest BCUT2D eigenvalue weighted by atomic mass is 16.4. The molecule has 0 amide bonds. The molecule has 3 N–H and O–H groups in total. The molecule has 0 heterocycles. The van der Waals surface area contributed by atoms with Crippen molar-refractivity contribution in [3.63, 3.8) is 0 Å². The van der Waals surface area contributed by atoms with Crippen molar-refractivity contribution in [1.82, 2.24) is 0 Å². The van der Waals surface area contributed by atoms with Crippen LogP contribution in [0.2, 0.25) is 0 Å². The summed E-state index contributed by atoms with van der Waals surface area (Å²) in [7, 11) is 0. The fourth-order valence-corrected chi connectivity index (χ4v) is 4.58. The van der Waals surface area contributed by atoms with Gasteiger partial charge in [-0.15, -0.1) is 0 Å². The van der Waals surface area contributed by atoms with Crippen LogP contribution >= 0.6 is 0 Å². The summed E-state index contributed by atoms with van der Waals surface area (Å²) < 4.78 is 0. The molecule has 0 aromatic heterocycles. The van der Waals surface area contributed by atoms with Crippen LogP contribution in [0.25, 0.3) is 0 Å². The lowest BCUT2D eigenvalue weighted by molar-refractivity contribution is -0.0133. The van der Waals surface area contributed by atoms with E-state index in [0.717, 1.165) is 27.8 Å². The molecule has 0 radical (unpaired) electrons. The van der Waals surface area contributed by atoms with Crippen LogP contribution in [0.15, 0.2) is 115 Å². The van der Waals surface area contributed by atoms with Crippen molar-refractivity contribution >= 4 is 0 Å². The van der Waals surface area contributed by atoms with E-state index >= 15 is 0 Å². The van der Waals surface area contributed by atoms with E-state index in [9.17, 15) is 15.3 Å². The molecule has 0 aliphatic rings. The van der Waals surface area contributed by atoms with Crippen molar-refractivity contribution in [2.75, 3.05) is 6.61 Å². The molecule has 4 aromatic rings. The van der Waals surface area contributed by atoms with Gasteiger partial charge in [-0.25, -0.2) is 0 Å². The van der Waals surface area contributed by atoms with E-state index < -0.39 is 24.2 Å². The maximum atomic E-state index is 10.6. The summed E-state index contributed by atoms with van der Waals surface area (Å²) in [6, 6.07) is 39.2. The maximum Gasteiger partial charge on any atom is 0.103 e. The minimum absolute atomic E-state index is 0.228. The summed E-state index contributed by atoms with van der Waals surface area (Å²) in [4.78, 5) is 0. The Morgan fingerprint density at radius 2 is 0.938 bits per heavy atom. The molecule has 2 atom stereocenters. The summed E-state index contributed by atoms with van der Waals surface area (Å²) in [6.45, 7) is -0.482. The zero-order chi connectivity index (χ0) is 22.4. The highest BCUT2D eigenvalue weighted by Crippen LogP contribution is 2.46. The lowest BCUT2D eigenvalue weighted by Crippen LogP contribution is -2.35. The second kappa shape index (κ2) is 9.92. The average molecular weight is 425 g/mol. The molecule has 4 rings (SSSR count). The van der Waals surface area contributed by atoms with Crippen LogP contribution in [0.4, 0.5) is 0 Å². The number of aliphatic hydroxyl groups is 3. The third-order valence-corrected chi connectivity index (χ3v) is 6.10. The Balaban J connectivity index is 2.04. The maximum absolute atomic E-state index is 10.6. The topological polar surface area (TPSA) is 60.7 Å². The molecule has 4 aromatic carbocycles. The van der Waals surface area contributed by atoms with Gasteiger partial charge in [0.25, 0.3) is 0 Å². The van der Waals surface area contributed by atoms with Gasteiger partial charge in [0.15, 0.2) is 0 Å². The largest absolute Gasteiger partial charge is 0.394 e. The minimum Gasteiger partial charge on any atom is -0.394 e. The predicted octanol–water partition coefficient (Wildman–Crippen LogP) is 4.33. The lowest BCUT2D eigenvalue weighted by Gasteiger charge is -2.38. The van der Waals surface area contributed by atoms with Crippen molar-refractivity contribution in [3.8, 4) is 0 Å². The fourth-order valence-electron chi connectivity index (χ4n) is 4.58. The molecule has 0 aliphatic carbocycles. The van der Waals surface area contributed by atoms with Crippen LogP contribution in [0.5, 0.6) is 0 Å². The Morgan fingerprint density at radius 3 is 1.38 bits per heavy atom. The van der Waals surface area contributed by atoms with E-state index in [1.54, 1.807) is 0 Å². The fraction of sp³-hybridized carbons (Fsp3) is 0.172. The first-order chi connectivity index (χ1) is 15.7. The van der Waals surface area contributed by atoms with E-state index in [1.807, 2.05) is 72.8 Å². The Kier molecular flexibility index (Phi) is 6.81. The molecular formula is C29H28O3. The molecule has 0 fully saturated rings. The van der Waals surface area contributed by atoms with Crippen molar-refractivity contribution < 1.29 is 15.3 Å². The Hall–Kier alpha value is -3.24. The van der Waals surface area contributed by atoms with Crippen LogP contribution in [0.1, 0.15) is 27.8 Å². The normalized spacial score (nSPS) is 13.5. The molecule has 2 unspecified atom stereocenters. The number of benzene rings is 4. The summed E-state index contributed by atoms with van der Waals surface area (Å²) in [5, 5.41) is 29.9. The van der Waals surface area contributed by atoms with Crippen molar-refractivity contribution in [1.29, 1.82) is 0 Å². The van der Waals surface area contributed by atoms with Crippen LogP contribution in [0.3, 0.4) is 0 Å². The third-order valence-electron chi connectivity index (χ3n) is 6.10. The van der Waals surface area contributed by atoms with Crippen molar-refractivity contribution in [2.45, 2.75) is 24.0 Å². The van der Waals surface area contributed by atoms with E-state index in [0.29, 0.717) is 0 Å². The van der Waals surface area contributed by atoms with Gasteiger partial charge in [-0.2, -0.15) is 0 Å². The summed E-state index contributed by atoms with van der Waals surface area (Å²) in [6.07, 6.45) is -2.03. The zero-order valence-electron chi connectivity index (χ0n) is 17.9. The van der Waals surface area contributed by atoms with Crippen LogP contribution in [0, 0.1) is 0 Å². The second-order valence-corrected chi connectivity index (χ2v) is 8.03. The number of hydrogen-bond acceptors (Lipinski definition) is 3. The molecular weight excluding hydrogens is 396 g/mol. The molecule has 3 heteroatoms. The smallest absolute Gasteiger partial charge is 0.103 e. The molecule has 32 heavy (non-hydrogen) atoms. The van der Waals surface area contributed by atoms with E-state index in [4.69, 9.17) is 0 Å². The first-order valence-corrected chi connectivity index (χ1v) is 10.9. The predicted molar refractivity (Wildman–Crippen MR) is 128 cm³/mol. The molecule has 0 aliphatic heterocycles. The molecule has 162 valence electrons. The average Bonchev–Trinajstić information content (AvgIpc) is 2.87. The Morgan fingerprint density at radius 1 is 0.531 bits per heavy atom. The van der Waals surface area contributed by atoms with Gasteiger partial charge in [0.05, 0.1) is 18.1 Å². The highest BCUT2D eigenvalue weighted by Gasteiger charge is 2.39. The summed E-state index contributed by atoms with van der Waals surface area (Å²) >= 11 is 0. The van der Waals surface area contributed by atoms with Gasteiger partial charge >= 0.3 is 0 Å². The molecule has 3 nitrogen and oxygen atoms in total. The van der Waals surface area contributed by atoms with Crippen LogP contribution in [-0.4, -0.2) is 34.1 Å². The number of rotatable bonds is 8. The van der Waals surface area contributed by atoms with Crippen LogP contribution < -0.4 is 0 Å². The number of aliphatic hydroxyl groups excluding tert-OH is 3. The van der Waals surface area contributed by atoms with Crippen molar-refractivity contribution in [3.05, 3.63) is 143 Å². The zero-order valence-corrected chi connectivity index (χ0v) is 17.9. The van der Waals surface area contributed by atoms with Crippen LogP contribution in [-0.2, 0) is 11.8 Å². The second-order valence-electron chi connectivity index (χ2n) is 8.03. The summed E-state index contributed by atoms with van der Waals surface area (Å²) in [5.74, 6) is 0. The molecule has 0 spiro atoms. The monoisotopic (exact) mass is 424 g/mol.